The van der Waals surface area contributed by atoms with Crippen LogP contribution in [-0.4, -0.2) is 47.7 Å². The molecule has 1 amide bonds. The summed E-state index contributed by atoms with van der Waals surface area (Å²) in [6, 6.07) is 3.50. The molecular formula is C17H19F2NO4. The van der Waals surface area contributed by atoms with Crippen LogP contribution in [0.4, 0.5) is 8.78 Å². The van der Waals surface area contributed by atoms with E-state index in [0.717, 1.165) is 12.1 Å². The van der Waals surface area contributed by atoms with Crippen molar-refractivity contribution in [2.24, 2.45) is 5.92 Å². The van der Waals surface area contributed by atoms with Crippen LogP contribution in [0.1, 0.15) is 30.7 Å². The van der Waals surface area contributed by atoms with Crippen molar-refractivity contribution in [3.63, 3.8) is 0 Å². The quantitative estimate of drug-likeness (QED) is 0.893. The van der Waals surface area contributed by atoms with Crippen LogP contribution in [0.5, 0.6) is 0 Å². The number of benzene rings is 1. The number of carbonyl (C=O) groups is 2. The number of aliphatic carboxylic acids is 1. The number of carbonyl (C=O) groups excluding carboxylic acids is 1. The van der Waals surface area contributed by atoms with E-state index in [1.165, 1.54) is 11.0 Å². The highest BCUT2D eigenvalue weighted by Crippen LogP contribution is 2.49. The molecule has 1 saturated carbocycles. The molecule has 1 saturated heterocycles. The molecule has 130 valence electrons. The third-order valence-electron chi connectivity index (χ3n) is 4.70. The van der Waals surface area contributed by atoms with E-state index in [0.29, 0.717) is 38.0 Å². The zero-order valence-electron chi connectivity index (χ0n) is 13.1. The predicted octanol–water partition coefficient (Wildman–Crippen LogP) is 2.16. The fourth-order valence-electron chi connectivity index (χ4n) is 3.32. The van der Waals surface area contributed by atoms with Crippen LogP contribution >= 0.6 is 0 Å². The first-order valence-electron chi connectivity index (χ1n) is 8.02. The summed E-state index contributed by atoms with van der Waals surface area (Å²) in [7, 11) is 0. The van der Waals surface area contributed by atoms with Crippen molar-refractivity contribution in [3.05, 3.63) is 35.4 Å². The van der Waals surface area contributed by atoms with E-state index in [4.69, 9.17) is 9.84 Å². The van der Waals surface area contributed by atoms with Crippen LogP contribution in [0.15, 0.2) is 18.2 Å². The van der Waals surface area contributed by atoms with Gasteiger partial charge in [-0.25, -0.2) is 8.78 Å². The molecule has 1 heterocycles. The predicted molar refractivity (Wildman–Crippen MR) is 80.4 cm³/mol. The number of carboxylic acid groups (broad SMARTS) is 1. The minimum Gasteiger partial charge on any atom is -0.480 e. The maximum atomic E-state index is 13.4. The number of rotatable bonds is 5. The van der Waals surface area contributed by atoms with E-state index in [1.807, 2.05) is 0 Å². The molecule has 24 heavy (non-hydrogen) atoms. The van der Waals surface area contributed by atoms with Crippen LogP contribution in [-0.2, 0) is 14.3 Å². The summed E-state index contributed by atoms with van der Waals surface area (Å²) in [5, 5.41) is 9.10. The first kappa shape index (κ1) is 16.8. The maximum Gasteiger partial charge on any atom is 0.323 e. The fourth-order valence-corrected chi connectivity index (χ4v) is 3.32. The lowest BCUT2D eigenvalue weighted by molar-refractivity contribution is -0.148. The van der Waals surface area contributed by atoms with E-state index in [1.54, 1.807) is 0 Å². The molecule has 5 nitrogen and oxygen atoms in total. The third kappa shape index (κ3) is 3.56. The second-order valence-corrected chi connectivity index (χ2v) is 6.33. The molecule has 7 heteroatoms. The van der Waals surface area contributed by atoms with Crippen molar-refractivity contribution < 1.29 is 28.2 Å². The van der Waals surface area contributed by atoms with Crippen LogP contribution in [0.3, 0.4) is 0 Å². The highest BCUT2D eigenvalue weighted by molar-refractivity contribution is 5.86. The molecule has 0 spiro atoms. The van der Waals surface area contributed by atoms with Crippen molar-refractivity contribution in [2.75, 3.05) is 19.8 Å². The van der Waals surface area contributed by atoms with Gasteiger partial charge < -0.3 is 14.7 Å². The summed E-state index contributed by atoms with van der Waals surface area (Å²) in [6.45, 7) is 0.668. The zero-order chi connectivity index (χ0) is 17.3. The second kappa shape index (κ2) is 6.84. The van der Waals surface area contributed by atoms with Gasteiger partial charge in [0.15, 0.2) is 11.6 Å². The van der Waals surface area contributed by atoms with Crippen LogP contribution in [0, 0.1) is 17.6 Å². The van der Waals surface area contributed by atoms with E-state index in [2.05, 4.69) is 0 Å². The molecule has 2 aliphatic rings. The molecule has 1 aliphatic carbocycles. The largest absolute Gasteiger partial charge is 0.480 e. The number of nitrogens with zero attached hydrogens (tertiary/aromatic N) is 1. The number of amides is 1. The Bertz CT molecular complexity index is 645. The zero-order valence-corrected chi connectivity index (χ0v) is 13.1. The Morgan fingerprint density at radius 3 is 2.54 bits per heavy atom. The Morgan fingerprint density at radius 2 is 1.92 bits per heavy atom. The molecule has 2 atom stereocenters. The Labute approximate surface area is 138 Å². The minimum atomic E-state index is -1.06. The minimum absolute atomic E-state index is 0.145. The normalized spacial score (nSPS) is 23.8. The Hall–Kier alpha value is -2.02. The molecule has 3 rings (SSSR count). The Balaban J connectivity index is 1.71. The lowest BCUT2D eigenvalue weighted by atomic mass is 10.0. The third-order valence-corrected chi connectivity index (χ3v) is 4.70. The number of hydrogen-bond acceptors (Lipinski definition) is 3. The maximum absolute atomic E-state index is 13.4. The molecule has 1 aromatic rings. The van der Waals surface area contributed by atoms with E-state index < -0.39 is 17.6 Å². The lowest BCUT2D eigenvalue weighted by Crippen LogP contribution is -2.46. The van der Waals surface area contributed by atoms with Gasteiger partial charge in [-0.3, -0.25) is 9.59 Å². The van der Waals surface area contributed by atoms with Gasteiger partial charge in [-0.2, -0.15) is 0 Å². The van der Waals surface area contributed by atoms with Crippen LogP contribution in [0.2, 0.25) is 0 Å². The monoisotopic (exact) mass is 339 g/mol. The Morgan fingerprint density at radius 1 is 1.21 bits per heavy atom. The smallest absolute Gasteiger partial charge is 0.323 e. The van der Waals surface area contributed by atoms with Gasteiger partial charge in [0.25, 0.3) is 0 Å². The van der Waals surface area contributed by atoms with Crippen molar-refractivity contribution in [1.82, 2.24) is 4.90 Å². The fraction of sp³-hybridized carbons (Fsp3) is 0.529. The average Bonchev–Trinajstić information content (AvgIpc) is 3.36. The van der Waals surface area contributed by atoms with E-state index >= 15 is 0 Å². The molecule has 2 unspecified atom stereocenters. The molecule has 1 aliphatic heterocycles. The molecule has 0 radical (unpaired) electrons. The first-order chi connectivity index (χ1) is 11.5. The summed E-state index contributed by atoms with van der Waals surface area (Å²) in [5.41, 5.74) is 0.578. The van der Waals surface area contributed by atoms with Crippen LogP contribution < -0.4 is 0 Å². The summed E-state index contributed by atoms with van der Waals surface area (Å²) in [4.78, 5) is 25.3. The van der Waals surface area contributed by atoms with Crippen molar-refractivity contribution in [1.29, 1.82) is 0 Å². The topological polar surface area (TPSA) is 66.8 Å². The van der Waals surface area contributed by atoms with Gasteiger partial charge in [0.05, 0.1) is 0 Å². The molecule has 1 N–H and O–H groups in total. The number of halogens is 2. The van der Waals surface area contributed by atoms with Gasteiger partial charge in [-0.1, -0.05) is 6.07 Å². The van der Waals surface area contributed by atoms with Crippen molar-refractivity contribution >= 4 is 11.9 Å². The van der Waals surface area contributed by atoms with Crippen molar-refractivity contribution in [3.8, 4) is 0 Å². The van der Waals surface area contributed by atoms with Crippen molar-refractivity contribution in [2.45, 2.75) is 31.2 Å². The summed E-state index contributed by atoms with van der Waals surface area (Å²) in [6.07, 6.45) is 1.76. The highest BCUT2D eigenvalue weighted by atomic mass is 19.2. The Kier molecular flexibility index (Phi) is 4.80. The standard InChI is InChI=1S/C17H19F2NO4/c18-14-2-1-10(7-15(14)19)12-8-13(12)17(23)20(9-16(21)22)11-3-5-24-6-4-11/h1-2,7,11-13H,3-6,8-9H2,(H,21,22). The molecule has 1 aromatic carbocycles. The molecule has 0 aromatic heterocycles. The van der Waals surface area contributed by atoms with Gasteiger partial charge in [-0.05, 0) is 42.9 Å². The SMILES string of the molecule is O=C(O)CN(C(=O)C1CC1c1ccc(F)c(F)c1)C1CCOCC1. The first-order valence-corrected chi connectivity index (χ1v) is 8.02. The van der Waals surface area contributed by atoms with Gasteiger partial charge in [0, 0.05) is 25.2 Å². The van der Waals surface area contributed by atoms with E-state index in [-0.39, 0.29) is 30.3 Å². The number of hydrogen-bond donors (Lipinski definition) is 1. The van der Waals surface area contributed by atoms with Gasteiger partial charge >= 0.3 is 5.97 Å². The molecule has 2 fully saturated rings. The number of ether oxygens (including phenoxy) is 1. The highest BCUT2D eigenvalue weighted by Gasteiger charge is 2.47. The van der Waals surface area contributed by atoms with Gasteiger partial charge in [0.2, 0.25) is 5.91 Å². The summed E-state index contributed by atoms with van der Waals surface area (Å²) >= 11 is 0. The van der Waals surface area contributed by atoms with Gasteiger partial charge in [-0.15, -0.1) is 0 Å². The molecular weight excluding hydrogens is 320 g/mol. The van der Waals surface area contributed by atoms with Crippen LogP contribution in [0.25, 0.3) is 0 Å². The number of carboxylic acids is 1. The lowest BCUT2D eigenvalue weighted by Gasteiger charge is -2.33. The van der Waals surface area contributed by atoms with E-state index in [9.17, 15) is 18.4 Å². The molecule has 0 bridgehead atoms. The second-order valence-electron chi connectivity index (χ2n) is 6.33. The average molecular weight is 339 g/mol. The summed E-state index contributed by atoms with van der Waals surface area (Å²) < 4.78 is 31.6. The summed E-state index contributed by atoms with van der Waals surface area (Å²) in [5.74, 6) is -3.67. The van der Waals surface area contributed by atoms with Gasteiger partial charge in [0.1, 0.15) is 6.54 Å².